The van der Waals surface area contributed by atoms with E-state index in [1.165, 1.54) is 12.8 Å². The first-order chi connectivity index (χ1) is 9.68. The van der Waals surface area contributed by atoms with Gasteiger partial charge < -0.3 is 15.7 Å². The van der Waals surface area contributed by atoms with Gasteiger partial charge in [-0.2, -0.15) is 0 Å². The van der Waals surface area contributed by atoms with Crippen LogP contribution in [0.1, 0.15) is 66.7 Å². The summed E-state index contributed by atoms with van der Waals surface area (Å²) in [5.74, 6) is -0.766. The molecular formula is C16H32N2O3. The van der Waals surface area contributed by atoms with Crippen LogP contribution in [0.2, 0.25) is 0 Å². The molecule has 0 bridgehead atoms. The average molecular weight is 300 g/mol. The van der Waals surface area contributed by atoms with Gasteiger partial charge in [0.05, 0.1) is 0 Å². The summed E-state index contributed by atoms with van der Waals surface area (Å²) in [6, 6.07) is -1.22. The molecule has 0 rings (SSSR count). The van der Waals surface area contributed by atoms with Crippen molar-refractivity contribution in [3.05, 3.63) is 0 Å². The number of carbonyl (C=O) groups excluding carboxylic acids is 1. The highest BCUT2D eigenvalue weighted by Crippen LogP contribution is 2.22. The SMILES string of the molecule is CCCCCC(C)(C)CNC(=O)N[C@@H](CC(C)C)C(=O)O. The summed E-state index contributed by atoms with van der Waals surface area (Å²) < 4.78 is 0. The highest BCUT2D eigenvalue weighted by atomic mass is 16.4. The number of carbonyl (C=O) groups is 2. The van der Waals surface area contributed by atoms with E-state index in [1.54, 1.807) is 0 Å². The number of carboxylic acid groups (broad SMARTS) is 1. The molecule has 5 heteroatoms. The standard InChI is InChI=1S/C16H32N2O3/c1-6-7-8-9-16(4,5)11-17-15(21)18-13(14(19)20)10-12(2)3/h12-13H,6-11H2,1-5H3,(H,19,20)(H2,17,18,21)/t13-/m0/s1. The number of hydrogen-bond acceptors (Lipinski definition) is 2. The third kappa shape index (κ3) is 10.2. The van der Waals surface area contributed by atoms with E-state index in [-0.39, 0.29) is 11.3 Å². The second-order valence-electron chi connectivity index (χ2n) is 6.97. The maximum Gasteiger partial charge on any atom is 0.326 e. The lowest BCUT2D eigenvalue weighted by Gasteiger charge is -2.25. The van der Waals surface area contributed by atoms with Crippen LogP contribution in [0.5, 0.6) is 0 Å². The zero-order valence-electron chi connectivity index (χ0n) is 14.2. The Hall–Kier alpha value is -1.26. The molecule has 0 saturated heterocycles. The number of aliphatic carboxylic acids is 1. The minimum atomic E-state index is -0.985. The Labute approximate surface area is 128 Å². The summed E-state index contributed by atoms with van der Waals surface area (Å²) in [6.45, 7) is 10.8. The maximum absolute atomic E-state index is 11.8. The van der Waals surface area contributed by atoms with E-state index >= 15 is 0 Å². The molecular weight excluding hydrogens is 268 g/mol. The molecule has 2 amide bonds. The van der Waals surface area contributed by atoms with E-state index in [1.807, 2.05) is 13.8 Å². The van der Waals surface area contributed by atoms with Gasteiger partial charge in [0.15, 0.2) is 0 Å². The van der Waals surface area contributed by atoms with Crippen LogP contribution in [-0.4, -0.2) is 29.7 Å². The van der Waals surface area contributed by atoms with E-state index in [0.29, 0.717) is 13.0 Å². The number of nitrogens with one attached hydrogen (secondary N) is 2. The number of carboxylic acids is 1. The second-order valence-corrected chi connectivity index (χ2v) is 6.97. The summed E-state index contributed by atoms with van der Waals surface area (Å²) >= 11 is 0. The Morgan fingerprint density at radius 3 is 2.29 bits per heavy atom. The fourth-order valence-electron chi connectivity index (χ4n) is 2.16. The lowest BCUT2D eigenvalue weighted by molar-refractivity contribution is -0.139. The van der Waals surface area contributed by atoms with Gasteiger partial charge in [-0.3, -0.25) is 0 Å². The van der Waals surface area contributed by atoms with Crippen LogP contribution in [-0.2, 0) is 4.79 Å². The molecule has 0 aliphatic carbocycles. The van der Waals surface area contributed by atoms with Crippen molar-refractivity contribution in [1.29, 1.82) is 0 Å². The molecule has 0 fully saturated rings. The molecule has 0 unspecified atom stereocenters. The maximum atomic E-state index is 11.8. The fourth-order valence-corrected chi connectivity index (χ4v) is 2.16. The van der Waals surface area contributed by atoms with Crippen LogP contribution >= 0.6 is 0 Å². The second kappa shape index (κ2) is 9.64. The highest BCUT2D eigenvalue weighted by Gasteiger charge is 2.23. The third-order valence-corrected chi connectivity index (χ3v) is 3.50. The van der Waals surface area contributed by atoms with E-state index in [2.05, 4.69) is 31.4 Å². The zero-order chi connectivity index (χ0) is 16.5. The highest BCUT2D eigenvalue weighted by molar-refractivity contribution is 5.82. The molecule has 0 aromatic carbocycles. The van der Waals surface area contributed by atoms with E-state index < -0.39 is 18.0 Å². The van der Waals surface area contributed by atoms with E-state index in [0.717, 1.165) is 12.8 Å². The van der Waals surface area contributed by atoms with Gasteiger partial charge in [-0.15, -0.1) is 0 Å². The molecule has 0 spiro atoms. The summed E-state index contributed by atoms with van der Waals surface area (Å²) in [4.78, 5) is 22.9. The molecule has 3 N–H and O–H groups in total. The Morgan fingerprint density at radius 1 is 1.19 bits per heavy atom. The van der Waals surface area contributed by atoms with Crippen molar-refractivity contribution in [2.45, 2.75) is 72.8 Å². The van der Waals surface area contributed by atoms with Gasteiger partial charge in [-0.25, -0.2) is 9.59 Å². The number of unbranched alkanes of at least 4 members (excludes halogenated alkanes) is 2. The van der Waals surface area contributed by atoms with E-state index in [4.69, 9.17) is 5.11 Å². The summed E-state index contributed by atoms with van der Waals surface area (Å²) in [7, 11) is 0. The lowest BCUT2D eigenvalue weighted by atomic mass is 9.87. The van der Waals surface area contributed by atoms with Crippen molar-refractivity contribution >= 4 is 12.0 Å². The Balaban J connectivity index is 4.20. The van der Waals surface area contributed by atoms with Crippen molar-refractivity contribution < 1.29 is 14.7 Å². The van der Waals surface area contributed by atoms with Crippen LogP contribution in [0.25, 0.3) is 0 Å². The molecule has 1 atom stereocenters. The van der Waals surface area contributed by atoms with Crippen molar-refractivity contribution in [3.8, 4) is 0 Å². The molecule has 0 aliphatic rings. The normalized spacial score (nSPS) is 13.0. The predicted octanol–water partition coefficient (Wildman–Crippen LogP) is 3.39. The van der Waals surface area contributed by atoms with Crippen LogP contribution in [0.15, 0.2) is 0 Å². The summed E-state index contributed by atoms with van der Waals surface area (Å²) in [5.41, 5.74) is 0.0310. The number of urea groups is 1. The third-order valence-electron chi connectivity index (χ3n) is 3.50. The monoisotopic (exact) mass is 300 g/mol. The largest absolute Gasteiger partial charge is 0.480 e. The smallest absolute Gasteiger partial charge is 0.326 e. The fraction of sp³-hybridized carbons (Fsp3) is 0.875. The van der Waals surface area contributed by atoms with Gasteiger partial charge >= 0.3 is 12.0 Å². The van der Waals surface area contributed by atoms with Gasteiger partial charge in [0.2, 0.25) is 0 Å². The molecule has 21 heavy (non-hydrogen) atoms. The minimum Gasteiger partial charge on any atom is -0.480 e. The first-order valence-corrected chi connectivity index (χ1v) is 7.95. The van der Waals surface area contributed by atoms with Crippen molar-refractivity contribution in [1.82, 2.24) is 10.6 Å². The topological polar surface area (TPSA) is 78.4 Å². The van der Waals surface area contributed by atoms with Crippen LogP contribution in [0, 0.1) is 11.3 Å². The number of amides is 2. The van der Waals surface area contributed by atoms with Crippen molar-refractivity contribution in [3.63, 3.8) is 0 Å². The van der Waals surface area contributed by atoms with Crippen molar-refractivity contribution in [2.75, 3.05) is 6.54 Å². The molecule has 0 heterocycles. The molecule has 0 aromatic heterocycles. The Morgan fingerprint density at radius 2 is 1.81 bits per heavy atom. The average Bonchev–Trinajstić information content (AvgIpc) is 2.35. The lowest BCUT2D eigenvalue weighted by Crippen LogP contribution is -2.48. The Kier molecular flexibility index (Phi) is 9.06. The van der Waals surface area contributed by atoms with Crippen LogP contribution < -0.4 is 10.6 Å². The molecule has 124 valence electrons. The summed E-state index contributed by atoms with van der Waals surface area (Å²) in [6.07, 6.45) is 5.01. The molecule has 5 nitrogen and oxygen atoms in total. The zero-order valence-corrected chi connectivity index (χ0v) is 14.2. The molecule has 0 radical (unpaired) electrons. The van der Waals surface area contributed by atoms with E-state index in [9.17, 15) is 9.59 Å². The summed E-state index contributed by atoms with van der Waals surface area (Å²) in [5, 5.41) is 14.4. The van der Waals surface area contributed by atoms with Crippen molar-refractivity contribution in [2.24, 2.45) is 11.3 Å². The molecule has 0 saturated carbocycles. The first kappa shape index (κ1) is 19.7. The van der Waals surface area contributed by atoms with Gasteiger partial charge in [0.1, 0.15) is 6.04 Å². The van der Waals surface area contributed by atoms with Crippen LogP contribution in [0.3, 0.4) is 0 Å². The first-order valence-electron chi connectivity index (χ1n) is 7.95. The number of rotatable bonds is 10. The van der Waals surface area contributed by atoms with Gasteiger partial charge in [-0.05, 0) is 24.2 Å². The molecule has 0 aliphatic heterocycles. The van der Waals surface area contributed by atoms with Crippen LogP contribution in [0.4, 0.5) is 4.79 Å². The van der Waals surface area contributed by atoms with Gasteiger partial charge in [0.25, 0.3) is 0 Å². The van der Waals surface area contributed by atoms with Gasteiger partial charge in [0, 0.05) is 6.54 Å². The quantitative estimate of drug-likeness (QED) is 0.541. The minimum absolute atomic E-state index is 0.0310. The van der Waals surface area contributed by atoms with Gasteiger partial charge in [-0.1, -0.05) is 53.9 Å². The Bertz CT molecular complexity index is 327. The number of hydrogen-bond donors (Lipinski definition) is 3. The molecule has 0 aromatic rings. The predicted molar refractivity (Wildman–Crippen MR) is 85.3 cm³/mol.